The van der Waals surface area contributed by atoms with E-state index in [2.05, 4.69) is 96.2 Å². The number of unbranched alkanes of at least 4 members (excludes halogenated alkanes) is 1. The van der Waals surface area contributed by atoms with Crippen molar-refractivity contribution >= 4 is 22.0 Å². The van der Waals surface area contributed by atoms with Gasteiger partial charge in [-0.3, -0.25) is 4.90 Å². The first-order valence-electron chi connectivity index (χ1n) is 48.8. The lowest BCUT2D eigenvalue weighted by Crippen LogP contribution is -2.26. The Balaban J connectivity index is 0.000000135. The van der Waals surface area contributed by atoms with Crippen LogP contribution in [0.25, 0.3) is 136 Å². The summed E-state index contributed by atoms with van der Waals surface area (Å²) in [5.74, 6) is 12.6. The van der Waals surface area contributed by atoms with E-state index in [1.54, 1.807) is 6.26 Å². The van der Waals surface area contributed by atoms with Crippen LogP contribution in [0.4, 0.5) is 0 Å². The number of hydrogen-bond acceptors (Lipinski definition) is 32. The van der Waals surface area contributed by atoms with Crippen molar-refractivity contribution in [1.82, 2.24) is 70.9 Å². The van der Waals surface area contributed by atoms with E-state index in [0.29, 0.717) is 201 Å². The first-order chi connectivity index (χ1) is 70.0. The zero-order valence-electron chi connectivity index (χ0n) is 82.9. The van der Waals surface area contributed by atoms with E-state index < -0.39 is 0 Å². The number of aliphatic hydroxyl groups excluding tert-OH is 3. The number of aliphatic hydroxyl groups is 3. The lowest BCUT2D eigenvalue weighted by molar-refractivity contribution is 0.159. The van der Waals surface area contributed by atoms with Crippen molar-refractivity contribution in [2.75, 3.05) is 98.9 Å². The summed E-state index contributed by atoms with van der Waals surface area (Å²) in [5.41, 5.74) is 18.4. The third-order valence-electron chi connectivity index (χ3n) is 23.5. The number of fused-ring (bicyclic) bond motifs is 3. The zero-order valence-corrected chi connectivity index (χ0v) is 82.9. The third-order valence-corrected chi connectivity index (χ3v) is 23.5. The highest BCUT2D eigenvalue weighted by Crippen LogP contribution is 2.45. The van der Waals surface area contributed by atoms with Gasteiger partial charge in [-0.15, -0.1) is 0 Å². The van der Waals surface area contributed by atoms with Crippen LogP contribution in [0.15, 0.2) is 221 Å². The maximum absolute atomic E-state index is 9.96. The molecule has 19 rings (SSSR count). The summed E-state index contributed by atoms with van der Waals surface area (Å²) >= 11 is 0. The van der Waals surface area contributed by atoms with Gasteiger partial charge >= 0.3 is 0 Å². The monoisotopic (exact) mass is 1940 g/mol. The number of aromatic amines is 1. The van der Waals surface area contributed by atoms with Crippen LogP contribution < -0.4 is 52.7 Å². The molecule has 10 aromatic carbocycles. The molecule has 0 spiro atoms. The van der Waals surface area contributed by atoms with Crippen molar-refractivity contribution < 1.29 is 89.7 Å². The van der Waals surface area contributed by atoms with Crippen molar-refractivity contribution in [1.29, 1.82) is 0 Å². The molecule has 0 saturated carbocycles. The summed E-state index contributed by atoms with van der Waals surface area (Å²) in [6, 6.07) is 60.5. The van der Waals surface area contributed by atoms with Gasteiger partial charge in [-0.25, -0.2) is 4.98 Å². The molecule has 33 nitrogen and oxygen atoms in total. The van der Waals surface area contributed by atoms with Gasteiger partial charge in [0.2, 0.25) is 29.1 Å². The highest BCUT2D eigenvalue weighted by Gasteiger charge is 2.35. The maximum atomic E-state index is 9.96. The van der Waals surface area contributed by atoms with Crippen LogP contribution in [-0.2, 0) is 19.4 Å². The van der Waals surface area contributed by atoms with Gasteiger partial charge < -0.3 is 100 Å². The van der Waals surface area contributed by atoms with Gasteiger partial charge in [-0.05, 0) is 295 Å². The summed E-state index contributed by atoms with van der Waals surface area (Å²) in [5, 5.41) is 52.9. The van der Waals surface area contributed by atoms with E-state index >= 15 is 0 Å². The number of benzene rings is 10. The first kappa shape index (κ1) is 102. The lowest BCUT2D eigenvalue weighted by atomic mass is 10.0. The summed E-state index contributed by atoms with van der Waals surface area (Å²) in [6.07, 6.45) is 7.08. The standard InChI is InChI=1S/C25H29N3O4.C23H28N2O4.C22H27N3O4.C20H20N4O3.C20H18N2O4/c1-3-30-22-11-8-16(14-23(22)31-4-2)25-26-24(27-32-25)20-7-5-6-19-18(20)9-10-21(19)28-13-12-17(29)15-28;1-4-27-20-12-10-18(15-21(20)28-5-2)23-24-22(25-29-23)19-11-9-17(14-16(19)3)8-6-7-13-26;1-4-27-19-10-9-16(13-20(19)28-5-2)22-24-21(25-29-22)18-8-6-7-17(15(18)3)14-23-11-12-26;1-4-25-17-9-7-14(11-18(17)26-5-2)20-23-19(24-27-20)13-6-8-15-16(10-13)22-12(3)21-15;1-3-23-17-8-6-15(12-18(17)24-4-2)20-21-19(22-26-20)14-5-7-16-13(11-14)9-10-25-16/h5-8,11,14,17,21,29H,3-4,9-10,12-13,15H2,1-2H3;9-12,14-15,26H,4-8,13H2,1-3H3;6-10,13,23,26H,4-5,11-12,14H2,1-3H3;6-11H,4-5H2,1-3H3,(H,21,22);5-12H,3-4H2,1-2H3/t17-,21?;;;;/m1..../s1. The van der Waals surface area contributed by atoms with Crippen LogP contribution in [0.2, 0.25) is 0 Å². The number of nitrogens with one attached hydrogen (secondary N) is 2. The molecule has 1 aliphatic carbocycles. The zero-order chi connectivity index (χ0) is 100. The summed E-state index contributed by atoms with van der Waals surface area (Å²) in [6.45, 7) is 34.2. The van der Waals surface area contributed by atoms with Gasteiger partial charge in [0.25, 0.3) is 29.5 Å². The van der Waals surface area contributed by atoms with Crippen molar-refractivity contribution in [3.8, 4) is 172 Å². The molecular formula is C110H122N14O19. The van der Waals surface area contributed by atoms with Gasteiger partial charge in [0.05, 0.1) is 96.1 Å². The number of aryl methyl sites for hydroxylation is 3. The number of aromatic nitrogens is 12. The van der Waals surface area contributed by atoms with Crippen LogP contribution in [0.1, 0.15) is 140 Å². The van der Waals surface area contributed by atoms with Crippen LogP contribution >= 0.6 is 0 Å². The van der Waals surface area contributed by atoms with Gasteiger partial charge in [0, 0.05) is 99.8 Å². The number of furan rings is 1. The van der Waals surface area contributed by atoms with Gasteiger partial charge in [-0.2, -0.15) is 24.9 Å². The largest absolute Gasteiger partial charge is 0.490 e. The number of hydrogen-bond donors (Lipinski definition) is 5. The van der Waals surface area contributed by atoms with Gasteiger partial charge in [-0.1, -0.05) is 80.4 Å². The quantitative estimate of drug-likeness (QED) is 0.0223. The molecule has 2 atom stereocenters. The normalized spacial score (nSPS) is 13.1. The smallest absolute Gasteiger partial charge is 0.258 e. The number of imidazole rings is 1. The molecular weight excluding hydrogens is 1820 g/mol. The maximum Gasteiger partial charge on any atom is 0.258 e. The van der Waals surface area contributed by atoms with E-state index in [0.717, 1.165) is 152 Å². The van der Waals surface area contributed by atoms with Gasteiger partial charge in [0.1, 0.15) is 11.4 Å². The minimum absolute atomic E-state index is 0.110. The molecule has 17 aromatic rings. The lowest BCUT2D eigenvalue weighted by Gasteiger charge is -2.24. The average Bonchev–Trinajstić information content (AvgIpc) is 1.61. The Bertz CT molecular complexity index is 7000. The molecule has 8 heterocycles. The Morgan fingerprint density at radius 3 is 1.28 bits per heavy atom. The van der Waals surface area contributed by atoms with Crippen LogP contribution in [0, 0.1) is 20.8 Å². The number of ether oxygens (including phenoxy) is 10. The number of H-pyrrole nitrogens is 1. The molecule has 5 N–H and O–H groups in total. The summed E-state index contributed by atoms with van der Waals surface area (Å²) in [7, 11) is 0. The fourth-order valence-corrected chi connectivity index (χ4v) is 16.8. The third kappa shape index (κ3) is 25.6. The van der Waals surface area contributed by atoms with Crippen LogP contribution in [-0.4, -0.2) is 186 Å². The molecule has 1 fully saturated rings. The van der Waals surface area contributed by atoms with Crippen molar-refractivity contribution in [2.24, 2.45) is 0 Å². The Hall–Kier alpha value is -15.3. The Labute approximate surface area is 829 Å². The van der Waals surface area contributed by atoms with Crippen molar-refractivity contribution in [3.05, 3.63) is 234 Å². The SMILES string of the molecule is CCOc1ccc(-c2nc(-c3ccc(CCCCO)cc3C)no2)cc1OCC.CCOc1ccc(-c2nc(-c3ccc4nc(C)[nH]c4c3)no2)cc1OCC.CCOc1ccc(-c2nc(-c3ccc4occc4c3)no2)cc1OCC.CCOc1ccc(-c2nc(-c3cccc(CNCCO)c3C)no2)cc1OCC.CCOc1ccc(-c2nc(-c3cccc4c3CCC4N3CC[C@@H](O)C3)no2)cc1OCC. The molecule has 0 radical (unpaired) electrons. The number of nitrogens with zero attached hydrogens (tertiary/aromatic N) is 12. The summed E-state index contributed by atoms with van der Waals surface area (Å²) < 4.78 is 89.5. The highest BCUT2D eigenvalue weighted by atomic mass is 16.5. The van der Waals surface area contributed by atoms with E-state index in [-0.39, 0.29) is 19.3 Å². The topological polar surface area (TPSA) is 405 Å². The highest BCUT2D eigenvalue weighted by molar-refractivity contribution is 5.83. The second-order valence-corrected chi connectivity index (χ2v) is 33.2. The second kappa shape index (κ2) is 50.2. The molecule has 2 aliphatic rings. The molecule has 1 aliphatic heterocycles. The minimum atomic E-state index is -0.210. The number of β-amino-alcohol motifs (C(OH)–C–C–N with tert-alkyl or cyclic N) is 1. The molecule has 7 aromatic heterocycles. The molecule has 1 saturated heterocycles. The van der Waals surface area contributed by atoms with E-state index in [9.17, 15) is 5.11 Å². The molecule has 1 unspecified atom stereocenters. The van der Waals surface area contributed by atoms with Crippen molar-refractivity contribution in [3.63, 3.8) is 0 Å². The predicted octanol–water partition coefficient (Wildman–Crippen LogP) is 22.0. The summed E-state index contributed by atoms with van der Waals surface area (Å²) in [4.78, 5) is 33.0. The minimum Gasteiger partial charge on any atom is -0.490 e. The average molecular weight is 1940 g/mol. The molecule has 746 valence electrons. The fourth-order valence-electron chi connectivity index (χ4n) is 16.8. The Kier molecular flexibility index (Phi) is 35.8. The molecule has 143 heavy (non-hydrogen) atoms. The van der Waals surface area contributed by atoms with E-state index in [1.807, 2.05) is 248 Å². The van der Waals surface area contributed by atoms with Crippen LogP contribution in [0.3, 0.4) is 0 Å². The van der Waals surface area contributed by atoms with Crippen molar-refractivity contribution in [2.45, 2.75) is 147 Å². The van der Waals surface area contributed by atoms with E-state index in [4.69, 9.17) is 89.6 Å². The second-order valence-electron chi connectivity index (χ2n) is 33.2. The molecule has 0 amide bonds. The van der Waals surface area contributed by atoms with Gasteiger partial charge in [0.15, 0.2) is 57.5 Å². The first-order valence-corrected chi connectivity index (χ1v) is 48.8. The molecule has 33 heteroatoms. The fraction of sp³-hybridized carbons (Fsp3) is 0.336. The number of rotatable bonds is 39. The van der Waals surface area contributed by atoms with E-state index in [1.165, 1.54) is 16.7 Å². The Morgan fingerprint density at radius 1 is 0.399 bits per heavy atom. The van der Waals surface area contributed by atoms with Crippen LogP contribution in [0.5, 0.6) is 57.5 Å². The number of likely N-dealkylation sites (tertiary alicyclic amines) is 1. The predicted molar refractivity (Wildman–Crippen MR) is 543 cm³/mol. The molecule has 0 bridgehead atoms. The Morgan fingerprint density at radius 2 is 0.825 bits per heavy atom.